The van der Waals surface area contributed by atoms with Crippen LogP contribution in [0.1, 0.15) is 11.1 Å². The van der Waals surface area contributed by atoms with Crippen LogP contribution in [0.5, 0.6) is 0 Å². The third kappa shape index (κ3) is 12.2. The molecule has 1 aliphatic rings. The van der Waals surface area contributed by atoms with Gasteiger partial charge in [-0.1, -0.05) is 85.0 Å². The smallest absolute Gasteiger partial charge is 0.368 e. The van der Waals surface area contributed by atoms with E-state index in [-0.39, 0.29) is 42.8 Å². The van der Waals surface area contributed by atoms with Crippen LogP contribution in [-0.2, 0) is 48.1 Å². The molecule has 0 unspecified atom stereocenters. The number of hydrogen-bond donors (Lipinski definition) is 2. The molecule has 5 atom stereocenters. The van der Waals surface area contributed by atoms with Crippen LogP contribution in [0.4, 0.5) is 0 Å². The maximum absolute atomic E-state index is 11.7. The van der Waals surface area contributed by atoms with E-state index < -0.39 is 58.1 Å². The van der Waals surface area contributed by atoms with Crippen LogP contribution >= 0.6 is 0 Å². The molecule has 3 rings (SSSR count). The fourth-order valence-corrected chi connectivity index (χ4v) is 4.63. The van der Waals surface area contributed by atoms with Gasteiger partial charge in [-0.25, -0.2) is 8.37 Å². The van der Waals surface area contributed by atoms with Crippen molar-refractivity contribution in [2.75, 3.05) is 26.9 Å². The minimum atomic E-state index is -5.08. The molecule has 0 saturated carbocycles. The zero-order valence-corrected chi connectivity index (χ0v) is 25.5. The number of ether oxygens (including phenoxy) is 4. The standard InChI is InChI=1S/C25H30O12S2.Na/c1-32-25-24(34-17-9-15-20-12-6-3-7-13-20)23(33-16-8-14-19-10-4-2-5-11-19)22(37-39(29,30)31)21(36-25)18-35-38(26,27)28;/h2-15,21-25H,16-18H2,1H3,(H,26,27,28)(H,29,30,31);/q;+1/b14-8+,15-9+;/t21-,22-,23+,24-,25-;/m1./s1. The fourth-order valence-electron chi connectivity index (χ4n) is 3.81. The predicted octanol–water partition coefficient (Wildman–Crippen LogP) is -0.434. The van der Waals surface area contributed by atoms with Gasteiger partial charge in [0.25, 0.3) is 0 Å². The third-order valence-corrected chi connectivity index (χ3v) is 6.33. The molecule has 2 N–H and O–H groups in total. The summed E-state index contributed by atoms with van der Waals surface area (Å²) in [7, 11) is -8.71. The molecule has 0 amide bonds. The first-order valence-electron chi connectivity index (χ1n) is 11.7. The van der Waals surface area contributed by atoms with Gasteiger partial charge in [0, 0.05) is 7.11 Å². The first-order chi connectivity index (χ1) is 18.6. The third-order valence-electron chi connectivity index (χ3n) is 5.43. The van der Waals surface area contributed by atoms with Crippen LogP contribution in [0.25, 0.3) is 12.2 Å². The van der Waals surface area contributed by atoms with Crippen LogP contribution in [0, 0.1) is 0 Å². The minimum absolute atomic E-state index is 0. The number of benzene rings is 2. The Morgan fingerprint density at radius 2 is 1.27 bits per heavy atom. The zero-order chi connectivity index (χ0) is 28.3. The fraction of sp³-hybridized carbons (Fsp3) is 0.360. The van der Waals surface area contributed by atoms with E-state index in [1.807, 2.05) is 60.7 Å². The van der Waals surface area contributed by atoms with E-state index in [2.05, 4.69) is 4.18 Å². The second kappa shape index (κ2) is 16.8. The summed E-state index contributed by atoms with van der Waals surface area (Å²) in [6.07, 6.45) is 0.230. The van der Waals surface area contributed by atoms with E-state index in [9.17, 15) is 21.4 Å². The summed E-state index contributed by atoms with van der Waals surface area (Å²) in [5.74, 6) is 0. The van der Waals surface area contributed by atoms with Gasteiger partial charge in [0.05, 0.1) is 19.8 Å². The maximum Gasteiger partial charge on any atom is 1.00 e. The normalized spacial score (nSPS) is 23.8. The van der Waals surface area contributed by atoms with Gasteiger partial charge in [-0.15, -0.1) is 0 Å². The Morgan fingerprint density at radius 3 is 1.73 bits per heavy atom. The molecule has 15 heteroatoms. The molecule has 40 heavy (non-hydrogen) atoms. The molecule has 1 heterocycles. The number of rotatable bonds is 14. The van der Waals surface area contributed by atoms with Crippen molar-refractivity contribution in [1.29, 1.82) is 0 Å². The zero-order valence-electron chi connectivity index (χ0n) is 21.9. The molecule has 1 aliphatic heterocycles. The van der Waals surface area contributed by atoms with Crippen LogP contribution in [0.2, 0.25) is 0 Å². The Bertz CT molecular complexity index is 1290. The Labute approximate surface area is 256 Å². The Hall–Kier alpha value is -1.50. The first-order valence-corrected chi connectivity index (χ1v) is 14.4. The van der Waals surface area contributed by atoms with Crippen molar-refractivity contribution in [2.45, 2.75) is 30.7 Å². The van der Waals surface area contributed by atoms with E-state index in [0.29, 0.717) is 0 Å². The molecule has 1 saturated heterocycles. The molecule has 2 aromatic rings. The molecular formula is C25H30NaO12S2+. The Morgan fingerprint density at radius 1 is 0.775 bits per heavy atom. The Kier molecular flexibility index (Phi) is 14.6. The summed E-state index contributed by atoms with van der Waals surface area (Å²) in [4.78, 5) is 0. The maximum atomic E-state index is 11.7. The minimum Gasteiger partial charge on any atom is -0.368 e. The van der Waals surface area contributed by atoms with Crippen LogP contribution in [-0.4, -0.2) is 83.6 Å². The molecule has 0 radical (unpaired) electrons. The van der Waals surface area contributed by atoms with Crippen molar-refractivity contribution < 1.29 is 82.8 Å². The van der Waals surface area contributed by atoms with E-state index in [1.165, 1.54) is 7.11 Å². The van der Waals surface area contributed by atoms with E-state index in [4.69, 9.17) is 27.7 Å². The SMILES string of the molecule is CO[C@@H]1O[C@H](COS(=O)(=O)O)[C@@H](OS(=O)(=O)O)[C@H](OC/C=C/c2ccccc2)[C@H]1OC/C=C/c1ccccc1.[Na+]. The van der Waals surface area contributed by atoms with Crippen molar-refractivity contribution in [1.82, 2.24) is 0 Å². The van der Waals surface area contributed by atoms with Crippen molar-refractivity contribution in [3.05, 3.63) is 83.9 Å². The predicted molar refractivity (Wildman–Crippen MR) is 140 cm³/mol. The average molecular weight is 610 g/mol. The molecule has 214 valence electrons. The summed E-state index contributed by atoms with van der Waals surface area (Å²) < 4.78 is 96.2. The second-order valence-electron chi connectivity index (χ2n) is 8.20. The van der Waals surface area contributed by atoms with Gasteiger partial charge >= 0.3 is 50.4 Å². The quantitative estimate of drug-likeness (QED) is 0.210. The summed E-state index contributed by atoms with van der Waals surface area (Å²) >= 11 is 0. The monoisotopic (exact) mass is 609 g/mol. The molecule has 1 fully saturated rings. The second-order valence-corrected chi connectivity index (χ2v) is 10.3. The van der Waals surface area contributed by atoms with Crippen molar-refractivity contribution in [3.8, 4) is 0 Å². The molecular weight excluding hydrogens is 579 g/mol. The molecule has 12 nitrogen and oxygen atoms in total. The molecule has 0 aliphatic carbocycles. The van der Waals surface area contributed by atoms with E-state index >= 15 is 0 Å². The topological polar surface area (TPSA) is 164 Å². The van der Waals surface area contributed by atoms with Gasteiger partial charge in [0.2, 0.25) is 0 Å². The average Bonchev–Trinajstić information content (AvgIpc) is 2.89. The van der Waals surface area contributed by atoms with Crippen molar-refractivity contribution in [2.24, 2.45) is 0 Å². The summed E-state index contributed by atoms with van der Waals surface area (Å²) in [6, 6.07) is 18.7. The van der Waals surface area contributed by atoms with Gasteiger partial charge in [-0.05, 0) is 11.1 Å². The van der Waals surface area contributed by atoms with Gasteiger partial charge in [-0.3, -0.25) is 9.11 Å². The van der Waals surface area contributed by atoms with Crippen LogP contribution < -0.4 is 29.6 Å². The van der Waals surface area contributed by atoms with Gasteiger partial charge in [0.1, 0.15) is 24.4 Å². The number of methoxy groups -OCH3 is 1. The van der Waals surface area contributed by atoms with Crippen LogP contribution in [0.3, 0.4) is 0 Å². The molecule has 0 bridgehead atoms. The summed E-state index contributed by atoms with van der Waals surface area (Å²) in [5, 5.41) is 0. The van der Waals surface area contributed by atoms with Gasteiger partial charge in [-0.2, -0.15) is 16.8 Å². The largest absolute Gasteiger partial charge is 1.00 e. The van der Waals surface area contributed by atoms with Crippen molar-refractivity contribution in [3.63, 3.8) is 0 Å². The summed E-state index contributed by atoms with van der Waals surface area (Å²) in [5.41, 5.74) is 1.80. The van der Waals surface area contributed by atoms with Gasteiger partial charge in [0.15, 0.2) is 6.29 Å². The molecule has 0 aromatic heterocycles. The van der Waals surface area contributed by atoms with Crippen LogP contribution in [0.15, 0.2) is 72.8 Å². The summed E-state index contributed by atoms with van der Waals surface area (Å²) in [6.45, 7) is -0.917. The molecule has 2 aromatic carbocycles. The van der Waals surface area contributed by atoms with Gasteiger partial charge < -0.3 is 18.9 Å². The Balaban J connectivity index is 0.00000560. The van der Waals surface area contributed by atoms with Crippen molar-refractivity contribution >= 4 is 33.0 Å². The van der Waals surface area contributed by atoms with E-state index in [0.717, 1.165) is 11.1 Å². The first kappa shape index (κ1) is 34.7. The van der Waals surface area contributed by atoms with E-state index in [1.54, 1.807) is 24.3 Å². The molecule has 0 spiro atoms. The number of hydrogen-bond acceptors (Lipinski definition) is 10.